The molecule has 1 aliphatic heterocycles. The van der Waals surface area contributed by atoms with Gasteiger partial charge in [0.2, 0.25) is 0 Å². The number of hydrogen-bond acceptors (Lipinski definition) is 5. The van der Waals surface area contributed by atoms with Crippen molar-refractivity contribution < 1.29 is 0 Å². The molecule has 0 atom stereocenters. The second-order valence-electron chi connectivity index (χ2n) is 9.63. The molecule has 0 unspecified atom stereocenters. The predicted molar refractivity (Wildman–Crippen MR) is 147 cm³/mol. The summed E-state index contributed by atoms with van der Waals surface area (Å²) in [6.07, 6.45) is 9.32. The maximum absolute atomic E-state index is 4.73. The molecule has 1 saturated heterocycles. The van der Waals surface area contributed by atoms with Gasteiger partial charge in [-0.3, -0.25) is 15.1 Å². The highest BCUT2D eigenvalue weighted by Crippen LogP contribution is 2.35. The minimum absolute atomic E-state index is 0.722. The van der Waals surface area contributed by atoms with E-state index in [-0.39, 0.29) is 0 Å². The van der Waals surface area contributed by atoms with Gasteiger partial charge in [0.15, 0.2) is 0 Å². The number of rotatable bonds is 5. The molecular formula is C29H26N6S. The van der Waals surface area contributed by atoms with Crippen LogP contribution in [0, 0.1) is 5.92 Å². The van der Waals surface area contributed by atoms with E-state index in [0.29, 0.717) is 0 Å². The molecule has 0 amide bonds. The van der Waals surface area contributed by atoms with Gasteiger partial charge in [0.25, 0.3) is 0 Å². The Kier molecular flexibility index (Phi) is 5.37. The van der Waals surface area contributed by atoms with Crippen LogP contribution in [0.25, 0.3) is 55.6 Å². The van der Waals surface area contributed by atoms with Crippen molar-refractivity contribution in [2.75, 3.05) is 13.1 Å². The van der Waals surface area contributed by atoms with Crippen LogP contribution in [0.1, 0.15) is 18.4 Å². The summed E-state index contributed by atoms with van der Waals surface area (Å²) < 4.78 is 0. The summed E-state index contributed by atoms with van der Waals surface area (Å²) in [4.78, 5) is 12.9. The van der Waals surface area contributed by atoms with E-state index in [9.17, 15) is 0 Å². The Morgan fingerprint density at radius 1 is 0.917 bits per heavy atom. The number of benzene rings is 1. The highest BCUT2D eigenvalue weighted by atomic mass is 32.1. The van der Waals surface area contributed by atoms with Gasteiger partial charge in [-0.25, -0.2) is 0 Å². The second-order valence-corrected chi connectivity index (χ2v) is 10.4. The number of aromatic amines is 2. The zero-order valence-electron chi connectivity index (χ0n) is 19.8. The van der Waals surface area contributed by atoms with E-state index in [1.165, 1.54) is 34.9 Å². The molecular weight excluding hydrogens is 464 g/mol. The van der Waals surface area contributed by atoms with E-state index in [4.69, 9.17) is 4.98 Å². The van der Waals surface area contributed by atoms with Gasteiger partial charge < -0.3 is 10.3 Å². The molecule has 6 heterocycles. The third-order valence-corrected chi connectivity index (χ3v) is 7.96. The van der Waals surface area contributed by atoms with Crippen LogP contribution in [0.3, 0.4) is 0 Å². The van der Waals surface area contributed by atoms with Crippen molar-refractivity contribution in [1.82, 2.24) is 30.5 Å². The Morgan fingerprint density at radius 3 is 2.75 bits per heavy atom. The number of H-pyrrole nitrogens is 2. The Bertz CT molecular complexity index is 1660. The number of thiophene rings is 1. The fourth-order valence-electron chi connectivity index (χ4n) is 5.39. The molecule has 178 valence electrons. The molecule has 5 aromatic heterocycles. The zero-order valence-corrected chi connectivity index (χ0v) is 20.6. The van der Waals surface area contributed by atoms with Crippen molar-refractivity contribution in [3.8, 4) is 33.8 Å². The monoisotopic (exact) mass is 490 g/mol. The maximum Gasteiger partial charge on any atom is 0.116 e. The lowest BCUT2D eigenvalue weighted by Crippen LogP contribution is -2.28. The Hall–Kier alpha value is -3.81. The number of nitrogens with one attached hydrogen (secondary N) is 3. The number of hydrogen-bond donors (Lipinski definition) is 3. The van der Waals surface area contributed by atoms with Gasteiger partial charge in [0.1, 0.15) is 5.69 Å². The highest BCUT2D eigenvalue weighted by molar-refractivity contribution is 7.08. The third-order valence-electron chi connectivity index (χ3n) is 7.27. The fourth-order valence-corrected chi connectivity index (χ4v) is 6.05. The summed E-state index contributed by atoms with van der Waals surface area (Å²) in [5.41, 5.74) is 9.64. The second kappa shape index (κ2) is 9.00. The number of piperidine rings is 1. The van der Waals surface area contributed by atoms with Crippen molar-refractivity contribution in [1.29, 1.82) is 0 Å². The lowest BCUT2D eigenvalue weighted by molar-refractivity contribution is 0.372. The third kappa shape index (κ3) is 3.90. The zero-order chi connectivity index (χ0) is 23.9. The smallest absolute Gasteiger partial charge is 0.116 e. The van der Waals surface area contributed by atoms with Crippen molar-refractivity contribution in [2.24, 2.45) is 5.92 Å². The first-order chi connectivity index (χ1) is 17.8. The van der Waals surface area contributed by atoms with Gasteiger partial charge in [-0.1, -0.05) is 12.1 Å². The van der Waals surface area contributed by atoms with Crippen molar-refractivity contribution in [3.05, 3.63) is 77.4 Å². The number of aromatic nitrogens is 5. The number of nitrogens with zero attached hydrogens (tertiary/aromatic N) is 3. The summed E-state index contributed by atoms with van der Waals surface area (Å²) in [5, 5.41) is 17.8. The summed E-state index contributed by atoms with van der Waals surface area (Å²) >= 11 is 1.72. The van der Waals surface area contributed by atoms with Crippen LogP contribution >= 0.6 is 11.3 Å². The minimum Gasteiger partial charge on any atom is -0.353 e. The van der Waals surface area contributed by atoms with Gasteiger partial charge >= 0.3 is 0 Å². The summed E-state index contributed by atoms with van der Waals surface area (Å²) in [6.45, 7) is 2.23. The van der Waals surface area contributed by atoms with Crippen LogP contribution in [0.5, 0.6) is 0 Å². The fraction of sp³-hybridized carbons (Fsp3) is 0.207. The average molecular weight is 491 g/mol. The van der Waals surface area contributed by atoms with Crippen molar-refractivity contribution >= 4 is 33.1 Å². The molecule has 0 spiro atoms. The summed E-state index contributed by atoms with van der Waals surface area (Å²) in [5.74, 6) is 0.722. The standard InChI is InChI=1S/C29H26N6S/c1-2-22(20-6-9-36-17-20)23-12-27(33-25(23)3-1)29-24-13-26(32-16-28(24)34-35-29)21-11-19(14-31-15-21)10-18-4-7-30-8-5-18/h1-3,6,9,11-18,30,33H,4-5,7-8,10H2,(H,34,35). The van der Waals surface area contributed by atoms with E-state index in [1.807, 2.05) is 18.6 Å². The maximum atomic E-state index is 4.73. The molecule has 7 rings (SSSR count). The Labute approximate surface area is 212 Å². The van der Waals surface area contributed by atoms with E-state index in [1.54, 1.807) is 11.3 Å². The lowest BCUT2D eigenvalue weighted by atomic mass is 9.91. The Morgan fingerprint density at radius 2 is 1.86 bits per heavy atom. The normalized spacial score (nSPS) is 14.7. The molecule has 1 fully saturated rings. The average Bonchev–Trinajstić information content (AvgIpc) is 3.68. The molecule has 0 radical (unpaired) electrons. The summed E-state index contributed by atoms with van der Waals surface area (Å²) in [6, 6.07) is 15.2. The first-order valence-electron chi connectivity index (χ1n) is 12.5. The van der Waals surface area contributed by atoms with Gasteiger partial charge in [-0.05, 0) is 96.1 Å². The highest BCUT2D eigenvalue weighted by Gasteiger charge is 2.17. The van der Waals surface area contributed by atoms with Crippen LogP contribution < -0.4 is 5.32 Å². The van der Waals surface area contributed by atoms with Gasteiger partial charge in [0, 0.05) is 34.2 Å². The predicted octanol–water partition coefficient (Wildman–Crippen LogP) is 6.44. The molecule has 1 aromatic carbocycles. The van der Waals surface area contributed by atoms with Crippen LogP contribution in [-0.4, -0.2) is 38.2 Å². The molecule has 0 bridgehead atoms. The Balaban J connectivity index is 1.26. The van der Waals surface area contributed by atoms with Crippen LogP contribution in [-0.2, 0) is 6.42 Å². The minimum atomic E-state index is 0.722. The topological polar surface area (TPSA) is 82.3 Å². The largest absolute Gasteiger partial charge is 0.353 e. The van der Waals surface area contributed by atoms with Crippen LogP contribution in [0.15, 0.2) is 71.8 Å². The molecule has 1 aliphatic rings. The quantitative estimate of drug-likeness (QED) is 0.260. The van der Waals surface area contributed by atoms with E-state index >= 15 is 0 Å². The van der Waals surface area contributed by atoms with E-state index < -0.39 is 0 Å². The lowest BCUT2D eigenvalue weighted by Gasteiger charge is -2.22. The van der Waals surface area contributed by atoms with Gasteiger partial charge in [0.05, 0.1) is 23.1 Å². The molecule has 6 aromatic rings. The molecule has 0 aliphatic carbocycles. The van der Waals surface area contributed by atoms with E-state index in [0.717, 1.165) is 64.5 Å². The van der Waals surface area contributed by atoms with E-state index in [2.05, 4.69) is 78.7 Å². The molecule has 3 N–H and O–H groups in total. The molecule has 0 saturated carbocycles. The first kappa shape index (κ1) is 21.5. The molecule has 36 heavy (non-hydrogen) atoms. The molecule has 6 nitrogen and oxygen atoms in total. The SMILES string of the molecule is c1cc(-c2ccsc2)c2cc(-c3n[nH]c4cnc(-c5cncc(CC6CCNCC6)c5)cc34)[nH]c2c1. The van der Waals surface area contributed by atoms with Crippen molar-refractivity contribution in [2.45, 2.75) is 19.3 Å². The number of pyridine rings is 2. The first-order valence-corrected chi connectivity index (χ1v) is 13.4. The molecule has 7 heteroatoms. The van der Waals surface area contributed by atoms with Crippen LogP contribution in [0.2, 0.25) is 0 Å². The number of fused-ring (bicyclic) bond motifs is 2. The summed E-state index contributed by atoms with van der Waals surface area (Å²) in [7, 11) is 0. The van der Waals surface area contributed by atoms with Crippen molar-refractivity contribution in [3.63, 3.8) is 0 Å². The van der Waals surface area contributed by atoms with Crippen LogP contribution in [0.4, 0.5) is 0 Å². The van der Waals surface area contributed by atoms with Gasteiger partial charge in [-0.2, -0.15) is 16.4 Å². The van der Waals surface area contributed by atoms with Gasteiger partial charge in [-0.15, -0.1) is 0 Å².